The van der Waals surface area contributed by atoms with E-state index >= 15 is 0 Å². The molecule has 1 heterocycles. The van der Waals surface area contributed by atoms with Crippen molar-refractivity contribution in [3.63, 3.8) is 0 Å². The van der Waals surface area contributed by atoms with E-state index in [9.17, 15) is 13.2 Å². The van der Waals surface area contributed by atoms with Crippen LogP contribution >= 0.6 is 28.1 Å². The lowest BCUT2D eigenvalue weighted by atomic mass is 9.88. The highest BCUT2D eigenvalue weighted by molar-refractivity contribution is 9.10. The second-order valence-corrected chi connectivity index (χ2v) is 5.49. The summed E-state index contributed by atoms with van der Waals surface area (Å²) < 4.78 is 46.6. The van der Waals surface area contributed by atoms with E-state index in [1.54, 1.807) is 0 Å². The minimum Gasteiger partial charge on any atom is -0.377 e. The van der Waals surface area contributed by atoms with Crippen molar-refractivity contribution < 1.29 is 17.9 Å². The van der Waals surface area contributed by atoms with E-state index in [0.29, 0.717) is 4.47 Å². The van der Waals surface area contributed by atoms with Gasteiger partial charge in [-0.3, -0.25) is 5.32 Å². The third-order valence-electron chi connectivity index (χ3n) is 3.02. The molecule has 7 heteroatoms. The van der Waals surface area contributed by atoms with Crippen molar-refractivity contribution in [1.82, 2.24) is 5.32 Å². The topological polar surface area (TPSA) is 21.3 Å². The molecule has 1 fully saturated rings. The fourth-order valence-corrected chi connectivity index (χ4v) is 2.58. The number of halogens is 4. The first-order valence-corrected chi connectivity index (χ1v) is 6.80. The van der Waals surface area contributed by atoms with Crippen LogP contribution in [0.2, 0.25) is 0 Å². The smallest absolute Gasteiger partial charge is 0.263 e. The Morgan fingerprint density at radius 2 is 2.26 bits per heavy atom. The second-order valence-electron chi connectivity index (χ2n) is 4.30. The minimum absolute atomic E-state index is 0.126. The van der Waals surface area contributed by atoms with Gasteiger partial charge in [-0.15, -0.1) is 0 Å². The van der Waals surface area contributed by atoms with Gasteiger partial charge in [0.25, 0.3) is 6.43 Å². The molecule has 1 aliphatic heterocycles. The van der Waals surface area contributed by atoms with Gasteiger partial charge in [0.1, 0.15) is 11.4 Å². The molecule has 1 aromatic rings. The Morgan fingerprint density at radius 1 is 1.53 bits per heavy atom. The van der Waals surface area contributed by atoms with E-state index in [0.717, 1.165) is 6.07 Å². The lowest BCUT2D eigenvalue weighted by Gasteiger charge is -2.41. The number of thiocarbonyl (C=S) groups is 1. The molecule has 0 bridgehead atoms. The van der Waals surface area contributed by atoms with Crippen LogP contribution in [0, 0.1) is 5.82 Å². The summed E-state index contributed by atoms with van der Waals surface area (Å²) in [4.78, 5) is 0. The zero-order chi connectivity index (χ0) is 14.0. The van der Waals surface area contributed by atoms with Crippen LogP contribution in [0.5, 0.6) is 0 Å². The van der Waals surface area contributed by atoms with E-state index in [-0.39, 0.29) is 18.8 Å². The fourth-order valence-electron chi connectivity index (χ4n) is 2.07. The molecule has 2 nitrogen and oxygen atoms in total. The molecule has 2 rings (SSSR count). The number of nitrogens with one attached hydrogen (secondary N) is 1. The van der Waals surface area contributed by atoms with Gasteiger partial charge in [-0.05, 0) is 23.6 Å². The summed E-state index contributed by atoms with van der Waals surface area (Å²) in [5.74, 6) is -0.704. The molecule has 0 saturated carbocycles. The average Bonchev–Trinajstić information content (AvgIpc) is 2.41. The summed E-state index contributed by atoms with van der Waals surface area (Å²) >= 11 is 7.91. The maximum Gasteiger partial charge on any atom is 0.263 e. The molecule has 0 radical (unpaired) electrons. The summed E-state index contributed by atoms with van der Waals surface area (Å²) in [7, 11) is 0. The lowest BCUT2D eigenvalue weighted by Crippen LogP contribution is -2.61. The molecule has 1 aliphatic rings. The van der Waals surface area contributed by atoms with Crippen molar-refractivity contribution in [1.29, 1.82) is 0 Å². The summed E-state index contributed by atoms with van der Waals surface area (Å²) in [6.45, 7) is -0.106. The van der Waals surface area contributed by atoms with Gasteiger partial charge in [-0.2, -0.15) is 0 Å². The molecule has 1 N–H and O–H groups in total. The first kappa shape index (κ1) is 14.9. The number of hydrogen-bond donors (Lipinski definition) is 1. The standard InChI is InChI=1S/C12H11BrF3NOS/c13-7-1-2-10(14)9(3-7)12(11(15)16)6-18-4-8(5-19)17-12/h1-3,5,8,11,17H,4,6H2. The van der Waals surface area contributed by atoms with E-state index in [2.05, 4.69) is 21.2 Å². The molecule has 2 atom stereocenters. The van der Waals surface area contributed by atoms with Crippen molar-refractivity contribution >= 4 is 33.5 Å². The number of rotatable bonds is 3. The van der Waals surface area contributed by atoms with Gasteiger partial charge in [-0.25, -0.2) is 13.2 Å². The van der Waals surface area contributed by atoms with Crippen LogP contribution in [0.3, 0.4) is 0 Å². The summed E-state index contributed by atoms with van der Waals surface area (Å²) in [5, 5.41) is 4.02. The Kier molecular flexibility index (Phi) is 4.60. The van der Waals surface area contributed by atoms with E-state index in [4.69, 9.17) is 17.0 Å². The van der Waals surface area contributed by atoms with Crippen molar-refractivity contribution in [3.05, 3.63) is 34.1 Å². The van der Waals surface area contributed by atoms with Crippen molar-refractivity contribution in [3.8, 4) is 0 Å². The van der Waals surface area contributed by atoms with E-state index in [1.165, 1.54) is 17.5 Å². The summed E-state index contributed by atoms with van der Waals surface area (Å²) in [6.07, 6.45) is -2.82. The van der Waals surface area contributed by atoms with Crippen LogP contribution in [0.15, 0.2) is 22.7 Å². The molecule has 104 valence electrons. The molecule has 0 amide bonds. The monoisotopic (exact) mass is 353 g/mol. The van der Waals surface area contributed by atoms with Gasteiger partial charge in [-0.1, -0.05) is 28.1 Å². The normalized spacial score (nSPS) is 27.5. The minimum atomic E-state index is -2.82. The third-order valence-corrected chi connectivity index (χ3v) is 3.84. The molecule has 1 saturated heterocycles. The van der Waals surface area contributed by atoms with Crippen LogP contribution in [-0.4, -0.2) is 31.0 Å². The Bertz CT molecular complexity index is 488. The second kappa shape index (κ2) is 5.87. The van der Waals surface area contributed by atoms with Crippen molar-refractivity contribution in [2.75, 3.05) is 13.2 Å². The van der Waals surface area contributed by atoms with Crippen LogP contribution < -0.4 is 5.32 Å². The molecule has 0 aliphatic carbocycles. The van der Waals surface area contributed by atoms with Gasteiger partial charge in [0.15, 0.2) is 0 Å². The number of morpholine rings is 1. The Labute approximate surface area is 122 Å². The zero-order valence-corrected chi connectivity index (χ0v) is 12.1. The first-order chi connectivity index (χ1) is 8.99. The Balaban J connectivity index is 2.49. The summed E-state index contributed by atoms with van der Waals surface area (Å²) in [5.41, 5.74) is -2.01. The number of benzene rings is 1. The van der Waals surface area contributed by atoms with Crippen LogP contribution in [0.25, 0.3) is 0 Å². The SMILES string of the molecule is Fc1ccc(Br)cc1C1(C(F)F)COCC(C=S)N1. The molecule has 0 aromatic heterocycles. The highest BCUT2D eigenvalue weighted by Gasteiger charge is 2.47. The summed E-state index contributed by atoms with van der Waals surface area (Å²) in [6, 6.07) is 3.42. The van der Waals surface area contributed by atoms with Gasteiger partial charge in [0.05, 0.1) is 19.3 Å². The number of alkyl halides is 2. The number of ether oxygens (including phenoxy) is 1. The predicted octanol–water partition coefficient (Wildman–Crippen LogP) is 3.04. The zero-order valence-electron chi connectivity index (χ0n) is 9.71. The predicted molar refractivity (Wildman–Crippen MR) is 73.2 cm³/mol. The maximum atomic E-state index is 13.9. The molecule has 19 heavy (non-hydrogen) atoms. The third kappa shape index (κ3) is 2.84. The lowest BCUT2D eigenvalue weighted by molar-refractivity contribution is -0.0711. The maximum absolute atomic E-state index is 13.9. The molecule has 0 spiro atoms. The van der Waals surface area contributed by atoms with Crippen molar-refractivity contribution in [2.24, 2.45) is 0 Å². The average molecular weight is 354 g/mol. The van der Waals surface area contributed by atoms with Crippen LogP contribution in [-0.2, 0) is 10.3 Å². The molecule has 1 aromatic carbocycles. The van der Waals surface area contributed by atoms with E-state index < -0.39 is 23.8 Å². The van der Waals surface area contributed by atoms with Gasteiger partial charge >= 0.3 is 0 Å². The van der Waals surface area contributed by atoms with Gasteiger partial charge < -0.3 is 4.74 Å². The first-order valence-electron chi connectivity index (χ1n) is 5.54. The van der Waals surface area contributed by atoms with Gasteiger partial charge in [0, 0.05) is 10.0 Å². The Morgan fingerprint density at radius 3 is 2.89 bits per heavy atom. The van der Waals surface area contributed by atoms with E-state index in [1.807, 2.05) is 0 Å². The van der Waals surface area contributed by atoms with Crippen LogP contribution in [0.1, 0.15) is 5.56 Å². The van der Waals surface area contributed by atoms with Gasteiger partial charge in [0.2, 0.25) is 0 Å². The molecule has 2 unspecified atom stereocenters. The number of hydrogen-bond acceptors (Lipinski definition) is 3. The molecular formula is C12H11BrF3NOS. The fraction of sp³-hybridized carbons (Fsp3) is 0.417. The largest absolute Gasteiger partial charge is 0.377 e. The van der Waals surface area contributed by atoms with Crippen molar-refractivity contribution in [2.45, 2.75) is 18.0 Å². The highest BCUT2D eigenvalue weighted by atomic mass is 79.9. The van der Waals surface area contributed by atoms with Crippen LogP contribution in [0.4, 0.5) is 13.2 Å². The molecular weight excluding hydrogens is 343 g/mol. The Hall–Kier alpha value is -0.500. The highest BCUT2D eigenvalue weighted by Crippen LogP contribution is 2.34. The quantitative estimate of drug-likeness (QED) is 0.844.